The largest absolute Gasteiger partial charge is 0.383 e. The van der Waals surface area contributed by atoms with Crippen LogP contribution in [-0.4, -0.2) is 46.5 Å². The van der Waals surface area contributed by atoms with Crippen molar-refractivity contribution in [3.8, 4) is 0 Å². The Hall–Kier alpha value is -1.38. The molecule has 0 saturated carbocycles. The molecule has 0 aliphatic carbocycles. The van der Waals surface area contributed by atoms with Gasteiger partial charge in [0.15, 0.2) is 23.3 Å². The molecule has 29 heavy (non-hydrogen) atoms. The number of β-amino-alcohol motifs (C(OH)–C–C–N with tert-alkyl or cyclic N) is 1. The summed E-state index contributed by atoms with van der Waals surface area (Å²) in [5.74, 6) is -4.58. The lowest BCUT2D eigenvalue weighted by molar-refractivity contribution is -0.104. The number of likely N-dealkylation sites (tertiary alicyclic amines) is 1. The molecule has 160 valence electrons. The van der Waals surface area contributed by atoms with Gasteiger partial charge in [-0.2, -0.15) is 0 Å². The van der Waals surface area contributed by atoms with Gasteiger partial charge in [-0.05, 0) is 18.7 Å². The maximum Gasteiger partial charge on any atom is 0.164 e. The first-order valence-corrected chi connectivity index (χ1v) is 9.86. The molecule has 3 rings (SSSR count). The summed E-state index contributed by atoms with van der Waals surface area (Å²) in [6.45, 7) is 3.49. The predicted octanol–water partition coefficient (Wildman–Crippen LogP) is 4.12. The fourth-order valence-corrected chi connectivity index (χ4v) is 3.57. The van der Waals surface area contributed by atoms with Gasteiger partial charge in [0, 0.05) is 24.2 Å². The average Bonchev–Trinajstić information content (AvgIpc) is 2.69. The topological polar surface area (TPSA) is 43.7 Å². The van der Waals surface area contributed by atoms with Crippen LogP contribution in [0.1, 0.15) is 18.1 Å². The molecule has 3 nitrogen and oxygen atoms in total. The number of aliphatic hydroxyl groups is 2. The van der Waals surface area contributed by atoms with Gasteiger partial charge in [0.1, 0.15) is 11.2 Å². The summed E-state index contributed by atoms with van der Waals surface area (Å²) in [6.07, 6.45) is 0. The van der Waals surface area contributed by atoms with Crippen LogP contribution in [0.3, 0.4) is 0 Å². The summed E-state index contributed by atoms with van der Waals surface area (Å²) < 4.78 is 52.4. The number of halogens is 6. The van der Waals surface area contributed by atoms with Crippen molar-refractivity contribution in [2.45, 2.75) is 18.1 Å². The molecule has 1 aliphatic rings. The van der Waals surface area contributed by atoms with E-state index < -0.39 is 34.5 Å². The number of alkyl halides is 2. The summed E-state index contributed by atoms with van der Waals surface area (Å²) in [7, 11) is 0. The molecule has 0 aromatic heterocycles. The zero-order chi connectivity index (χ0) is 21.8. The zero-order valence-electron chi connectivity index (χ0n) is 15.6. The van der Waals surface area contributed by atoms with Crippen LogP contribution in [0, 0.1) is 23.3 Å². The molecule has 0 unspecified atom stereocenters. The number of hydrogen-bond donors (Lipinski definition) is 2. The van der Waals surface area contributed by atoms with E-state index in [9.17, 15) is 27.8 Å². The Kier molecular flexibility index (Phi) is 7.93. The van der Waals surface area contributed by atoms with E-state index in [-0.39, 0.29) is 22.9 Å². The van der Waals surface area contributed by atoms with Crippen molar-refractivity contribution < 1.29 is 27.8 Å². The van der Waals surface area contributed by atoms with Crippen LogP contribution in [0.4, 0.5) is 17.6 Å². The summed E-state index contributed by atoms with van der Waals surface area (Å²) in [4.78, 5) is 1.96. The summed E-state index contributed by atoms with van der Waals surface area (Å²) in [5.41, 5.74) is -3.10. The van der Waals surface area contributed by atoms with Crippen LogP contribution < -0.4 is 0 Å². The van der Waals surface area contributed by atoms with Crippen molar-refractivity contribution in [1.29, 1.82) is 0 Å². The lowest BCUT2D eigenvalue weighted by Gasteiger charge is -2.46. The Morgan fingerprint density at radius 1 is 0.966 bits per heavy atom. The van der Waals surface area contributed by atoms with Gasteiger partial charge in [0.2, 0.25) is 0 Å². The summed E-state index contributed by atoms with van der Waals surface area (Å²) >= 11 is 10.9. The van der Waals surface area contributed by atoms with E-state index in [1.54, 1.807) is 0 Å². The molecule has 2 N–H and O–H groups in total. The zero-order valence-corrected chi connectivity index (χ0v) is 17.1. The lowest BCUT2D eigenvalue weighted by Crippen LogP contribution is -2.59. The standard InChI is InChI=1S/C11H13F2NO.C9H8Cl2F2O/c1-2-14-6-11(15,7-14)8-4-3-5-9(12)10(8)13;10-4-9(14,5-11)6-2-1-3-7(12)8(6)13/h3-5,15H,2,6-7H2,1H3;1-3,14H,4-5H2. The van der Waals surface area contributed by atoms with E-state index in [1.165, 1.54) is 24.3 Å². The second kappa shape index (κ2) is 9.62. The average molecular weight is 454 g/mol. The summed E-state index contributed by atoms with van der Waals surface area (Å²) in [6, 6.07) is 7.41. The van der Waals surface area contributed by atoms with Crippen LogP contribution in [-0.2, 0) is 11.2 Å². The highest BCUT2D eigenvalue weighted by Crippen LogP contribution is 2.33. The number of hydrogen-bond acceptors (Lipinski definition) is 3. The molecular weight excluding hydrogens is 433 g/mol. The predicted molar refractivity (Wildman–Crippen MR) is 104 cm³/mol. The first kappa shape index (κ1) is 23.9. The van der Waals surface area contributed by atoms with Gasteiger partial charge in [-0.3, -0.25) is 4.90 Å². The molecule has 0 bridgehead atoms. The molecular formula is C20H21Cl2F4NO2. The van der Waals surface area contributed by atoms with E-state index in [1.807, 2.05) is 11.8 Å². The van der Waals surface area contributed by atoms with Crippen molar-refractivity contribution >= 4 is 23.2 Å². The maximum atomic E-state index is 13.4. The number of likely N-dealkylation sites (N-methyl/N-ethyl adjacent to an activating group) is 1. The Morgan fingerprint density at radius 3 is 2.00 bits per heavy atom. The van der Waals surface area contributed by atoms with Gasteiger partial charge in [0.05, 0.1) is 11.8 Å². The Labute approximate surface area is 176 Å². The molecule has 2 aromatic carbocycles. The minimum atomic E-state index is -1.73. The van der Waals surface area contributed by atoms with Crippen molar-refractivity contribution in [2.75, 3.05) is 31.4 Å². The number of rotatable bonds is 5. The van der Waals surface area contributed by atoms with Crippen LogP contribution in [0.2, 0.25) is 0 Å². The maximum absolute atomic E-state index is 13.4. The molecule has 0 spiro atoms. The highest BCUT2D eigenvalue weighted by molar-refractivity contribution is 6.21. The highest BCUT2D eigenvalue weighted by atomic mass is 35.5. The Balaban J connectivity index is 0.000000208. The monoisotopic (exact) mass is 453 g/mol. The second-order valence-corrected chi connectivity index (χ2v) is 7.37. The van der Waals surface area contributed by atoms with E-state index in [0.717, 1.165) is 18.7 Å². The van der Waals surface area contributed by atoms with E-state index in [4.69, 9.17) is 23.2 Å². The van der Waals surface area contributed by atoms with Gasteiger partial charge in [-0.15, -0.1) is 23.2 Å². The van der Waals surface area contributed by atoms with Crippen LogP contribution >= 0.6 is 23.2 Å². The van der Waals surface area contributed by atoms with Crippen LogP contribution in [0.5, 0.6) is 0 Å². The molecule has 1 aliphatic heterocycles. The number of nitrogens with zero attached hydrogens (tertiary/aromatic N) is 1. The fraction of sp³-hybridized carbons (Fsp3) is 0.400. The van der Waals surface area contributed by atoms with Crippen molar-refractivity contribution in [1.82, 2.24) is 4.90 Å². The fourth-order valence-electron chi connectivity index (χ4n) is 2.99. The van der Waals surface area contributed by atoms with E-state index in [2.05, 4.69) is 0 Å². The molecule has 9 heteroatoms. The first-order valence-electron chi connectivity index (χ1n) is 8.80. The Morgan fingerprint density at radius 2 is 1.48 bits per heavy atom. The Bertz CT molecular complexity index is 843. The quantitative estimate of drug-likeness (QED) is 0.528. The molecule has 1 fully saturated rings. The molecule has 0 atom stereocenters. The minimum Gasteiger partial charge on any atom is -0.383 e. The third-order valence-corrected chi connectivity index (χ3v) is 5.65. The second-order valence-electron chi connectivity index (χ2n) is 6.84. The number of benzene rings is 2. The van der Waals surface area contributed by atoms with Crippen molar-refractivity contribution in [2.24, 2.45) is 0 Å². The molecule has 0 radical (unpaired) electrons. The SMILES string of the molecule is CCN1CC(O)(c2cccc(F)c2F)C1.OC(CCl)(CCl)c1cccc(F)c1F. The normalized spacial score (nSPS) is 16.0. The van der Waals surface area contributed by atoms with Gasteiger partial charge in [-0.25, -0.2) is 17.6 Å². The third kappa shape index (κ3) is 5.03. The van der Waals surface area contributed by atoms with Crippen LogP contribution in [0.25, 0.3) is 0 Å². The van der Waals surface area contributed by atoms with Gasteiger partial charge in [0.25, 0.3) is 0 Å². The van der Waals surface area contributed by atoms with E-state index >= 15 is 0 Å². The third-order valence-electron chi connectivity index (χ3n) is 4.77. The van der Waals surface area contributed by atoms with E-state index in [0.29, 0.717) is 13.1 Å². The van der Waals surface area contributed by atoms with Crippen molar-refractivity contribution in [3.63, 3.8) is 0 Å². The van der Waals surface area contributed by atoms with Crippen LogP contribution in [0.15, 0.2) is 36.4 Å². The van der Waals surface area contributed by atoms with Gasteiger partial charge < -0.3 is 10.2 Å². The lowest BCUT2D eigenvalue weighted by atomic mass is 9.86. The van der Waals surface area contributed by atoms with Crippen molar-refractivity contribution in [3.05, 3.63) is 70.8 Å². The first-order chi connectivity index (χ1) is 13.6. The molecule has 1 heterocycles. The smallest absolute Gasteiger partial charge is 0.164 e. The molecule has 1 saturated heterocycles. The highest BCUT2D eigenvalue weighted by Gasteiger charge is 2.43. The van der Waals surface area contributed by atoms with Gasteiger partial charge >= 0.3 is 0 Å². The summed E-state index contributed by atoms with van der Waals surface area (Å²) in [5, 5.41) is 19.8. The minimum absolute atomic E-state index is 0.0622. The van der Waals surface area contributed by atoms with Gasteiger partial charge in [-0.1, -0.05) is 31.2 Å². The molecule has 0 amide bonds. The molecule has 2 aromatic rings.